The molecule has 2 aromatic heterocycles. The van der Waals surface area contributed by atoms with Gasteiger partial charge in [0.25, 0.3) is 5.56 Å². The standard InChI is InChI=1S/C16H20N4O2.Na/c1-5-6-11-14(21)19-13-9-10(2)7-8-12(13)17-16(18(3)4)20(19)15(11)22;/h7-9,22H,5-6H2,1-4H3;/q;+1/p-1. The van der Waals surface area contributed by atoms with Crippen LogP contribution in [-0.4, -0.2) is 28.1 Å². The molecule has 0 N–H and O–H groups in total. The smallest absolute Gasteiger partial charge is 0.858 e. The zero-order valence-electron chi connectivity index (χ0n) is 14.3. The van der Waals surface area contributed by atoms with E-state index in [1.165, 1.54) is 9.03 Å². The average Bonchev–Trinajstić information content (AvgIpc) is 2.72. The second kappa shape index (κ2) is 6.55. The summed E-state index contributed by atoms with van der Waals surface area (Å²) in [7, 11) is 3.62. The summed E-state index contributed by atoms with van der Waals surface area (Å²) in [4.78, 5) is 19.0. The van der Waals surface area contributed by atoms with Gasteiger partial charge < -0.3 is 10.0 Å². The number of benzene rings is 1. The van der Waals surface area contributed by atoms with Crippen LogP contribution in [0.2, 0.25) is 0 Å². The fraction of sp³-hybridized carbons (Fsp3) is 0.375. The first kappa shape index (κ1) is 17.8. The SMILES string of the molecule is CCCc1c([O-])n2c(N(C)C)nc3ccc(C)cc3n2c1=O.[Na+]. The first-order valence-corrected chi connectivity index (χ1v) is 7.37. The molecule has 0 saturated carbocycles. The van der Waals surface area contributed by atoms with Crippen molar-refractivity contribution < 1.29 is 34.7 Å². The minimum Gasteiger partial charge on any atom is -0.858 e. The predicted molar refractivity (Wildman–Crippen MR) is 84.9 cm³/mol. The fourth-order valence-corrected chi connectivity index (χ4v) is 2.73. The van der Waals surface area contributed by atoms with Gasteiger partial charge in [0.15, 0.2) is 0 Å². The maximum atomic E-state index is 12.7. The van der Waals surface area contributed by atoms with E-state index in [-0.39, 0.29) is 41.0 Å². The van der Waals surface area contributed by atoms with Gasteiger partial charge in [0.1, 0.15) is 0 Å². The van der Waals surface area contributed by atoms with Crippen molar-refractivity contribution in [3.8, 4) is 5.88 Å². The molecule has 2 heterocycles. The quantitative estimate of drug-likeness (QED) is 0.542. The molecule has 0 unspecified atom stereocenters. The van der Waals surface area contributed by atoms with E-state index < -0.39 is 0 Å². The minimum atomic E-state index is -0.272. The Labute approximate surface area is 156 Å². The molecule has 7 heteroatoms. The van der Waals surface area contributed by atoms with Gasteiger partial charge in [-0.2, -0.15) is 0 Å². The molecule has 6 nitrogen and oxygen atoms in total. The van der Waals surface area contributed by atoms with Crippen molar-refractivity contribution in [3.05, 3.63) is 39.7 Å². The number of nitrogens with zero attached hydrogens (tertiary/aromatic N) is 4. The first-order chi connectivity index (χ1) is 10.5. The molecule has 1 aromatic carbocycles. The van der Waals surface area contributed by atoms with Crippen LogP contribution in [0.3, 0.4) is 0 Å². The molecule has 0 aliphatic heterocycles. The normalized spacial score (nSPS) is 11.0. The van der Waals surface area contributed by atoms with Gasteiger partial charge in [-0.3, -0.25) is 4.79 Å². The van der Waals surface area contributed by atoms with E-state index >= 15 is 0 Å². The summed E-state index contributed by atoms with van der Waals surface area (Å²) in [6.07, 6.45) is 1.23. The van der Waals surface area contributed by atoms with Gasteiger partial charge in [-0.15, -0.1) is 0 Å². The van der Waals surface area contributed by atoms with Gasteiger partial charge in [0.05, 0.1) is 11.0 Å². The van der Waals surface area contributed by atoms with Crippen LogP contribution in [0.25, 0.3) is 11.0 Å². The Bertz CT molecular complexity index is 927. The van der Waals surface area contributed by atoms with Gasteiger partial charge in [-0.25, -0.2) is 14.0 Å². The van der Waals surface area contributed by atoms with Crippen LogP contribution < -0.4 is 45.1 Å². The van der Waals surface area contributed by atoms with E-state index in [1.54, 1.807) is 4.90 Å². The van der Waals surface area contributed by atoms with Crippen LogP contribution in [0.1, 0.15) is 24.5 Å². The van der Waals surface area contributed by atoms with Gasteiger partial charge >= 0.3 is 29.6 Å². The number of rotatable bonds is 3. The number of fused-ring (bicyclic) bond motifs is 3. The average molecular weight is 322 g/mol. The summed E-state index contributed by atoms with van der Waals surface area (Å²) < 4.78 is 2.84. The molecule has 0 aliphatic carbocycles. The van der Waals surface area contributed by atoms with Crippen LogP contribution in [0.4, 0.5) is 5.95 Å². The second-order valence-corrected chi connectivity index (χ2v) is 5.76. The molecular formula is C16H19N4NaO2. The largest absolute Gasteiger partial charge is 1.00 e. The first-order valence-electron chi connectivity index (χ1n) is 7.37. The van der Waals surface area contributed by atoms with E-state index in [9.17, 15) is 9.90 Å². The molecule has 0 radical (unpaired) electrons. The van der Waals surface area contributed by atoms with E-state index in [1.807, 2.05) is 46.1 Å². The van der Waals surface area contributed by atoms with E-state index in [0.717, 1.165) is 12.0 Å². The van der Waals surface area contributed by atoms with E-state index in [2.05, 4.69) is 4.98 Å². The molecule has 0 amide bonds. The number of hydrogen-bond acceptors (Lipinski definition) is 4. The fourth-order valence-electron chi connectivity index (χ4n) is 2.73. The number of aryl methyl sites for hydroxylation is 1. The molecule has 23 heavy (non-hydrogen) atoms. The van der Waals surface area contributed by atoms with Gasteiger partial charge in [0.2, 0.25) is 5.95 Å². The molecule has 0 saturated heterocycles. The molecule has 0 fully saturated rings. The molecule has 116 valence electrons. The van der Waals surface area contributed by atoms with Crippen LogP contribution in [0, 0.1) is 6.92 Å². The van der Waals surface area contributed by atoms with E-state index in [4.69, 9.17) is 0 Å². The Balaban J connectivity index is 0.00000192. The summed E-state index contributed by atoms with van der Waals surface area (Å²) in [5.74, 6) is 0.187. The number of anilines is 1. The Morgan fingerprint density at radius 3 is 2.57 bits per heavy atom. The van der Waals surface area contributed by atoms with Crippen molar-refractivity contribution >= 4 is 17.0 Å². The Morgan fingerprint density at radius 1 is 1.26 bits per heavy atom. The zero-order chi connectivity index (χ0) is 16.0. The Morgan fingerprint density at radius 2 is 1.96 bits per heavy atom. The predicted octanol–water partition coefficient (Wildman–Crippen LogP) is -1.65. The van der Waals surface area contributed by atoms with Crippen molar-refractivity contribution in [1.29, 1.82) is 0 Å². The van der Waals surface area contributed by atoms with Crippen molar-refractivity contribution in [3.63, 3.8) is 0 Å². The monoisotopic (exact) mass is 322 g/mol. The molecule has 0 bridgehead atoms. The summed E-state index contributed by atoms with van der Waals surface area (Å²) in [5.41, 5.74) is 2.46. The minimum absolute atomic E-state index is 0. The molecular weight excluding hydrogens is 303 g/mol. The van der Waals surface area contributed by atoms with Crippen molar-refractivity contribution in [2.45, 2.75) is 26.7 Å². The molecule has 3 aromatic rings. The van der Waals surface area contributed by atoms with Gasteiger partial charge in [-0.1, -0.05) is 19.4 Å². The van der Waals surface area contributed by atoms with Gasteiger partial charge in [0, 0.05) is 25.5 Å². The van der Waals surface area contributed by atoms with Crippen molar-refractivity contribution in [2.24, 2.45) is 0 Å². The van der Waals surface area contributed by atoms with Crippen LogP contribution in [0.15, 0.2) is 23.0 Å². The molecule has 3 rings (SSSR count). The van der Waals surface area contributed by atoms with Crippen LogP contribution >= 0.6 is 0 Å². The Hall–Kier alpha value is -1.50. The second-order valence-electron chi connectivity index (χ2n) is 5.76. The molecule has 0 aliphatic rings. The zero-order valence-corrected chi connectivity index (χ0v) is 16.3. The van der Waals surface area contributed by atoms with Gasteiger partial charge in [-0.05, 0) is 31.0 Å². The number of aromatic nitrogens is 3. The Kier molecular flexibility index (Phi) is 5.08. The molecule has 0 spiro atoms. The third kappa shape index (κ3) is 2.75. The number of hydrogen-bond donors (Lipinski definition) is 0. The third-order valence-corrected chi connectivity index (χ3v) is 3.77. The maximum absolute atomic E-state index is 12.7. The van der Waals surface area contributed by atoms with Crippen LogP contribution in [-0.2, 0) is 6.42 Å². The summed E-state index contributed by atoms with van der Waals surface area (Å²) >= 11 is 0. The van der Waals surface area contributed by atoms with Crippen molar-refractivity contribution in [2.75, 3.05) is 19.0 Å². The third-order valence-electron chi connectivity index (χ3n) is 3.77. The summed E-state index contributed by atoms with van der Waals surface area (Å²) in [6.45, 7) is 3.91. The van der Waals surface area contributed by atoms with Crippen molar-refractivity contribution in [1.82, 2.24) is 14.0 Å². The van der Waals surface area contributed by atoms with E-state index in [0.29, 0.717) is 29.0 Å². The topological polar surface area (TPSA) is 65.1 Å². The maximum Gasteiger partial charge on any atom is 1.00 e. The summed E-state index contributed by atoms with van der Waals surface area (Å²) in [6, 6.07) is 5.71. The summed E-state index contributed by atoms with van der Waals surface area (Å²) in [5, 5.41) is 12.7. The molecule has 0 atom stereocenters. The van der Waals surface area contributed by atoms with Crippen LogP contribution in [0.5, 0.6) is 5.88 Å².